The van der Waals surface area contributed by atoms with Crippen molar-refractivity contribution in [2.75, 3.05) is 0 Å². The van der Waals surface area contributed by atoms with Crippen LogP contribution in [0, 0.1) is 5.92 Å². The van der Waals surface area contributed by atoms with Gasteiger partial charge in [0, 0.05) is 11.7 Å². The van der Waals surface area contributed by atoms with E-state index in [1.54, 1.807) is 0 Å². The van der Waals surface area contributed by atoms with Gasteiger partial charge in [-0.3, -0.25) is 10.1 Å². The molecule has 4 rings (SSSR count). The van der Waals surface area contributed by atoms with Crippen molar-refractivity contribution in [2.24, 2.45) is 11.7 Å². The summed E-state index contributed by atoms with van der Waals surface area (Å²) < 4.78 is 2.20. The van der Waals surface area contributed by atoms with E-state index in [4.69, 9.17) is 5.73 Å². The predicted molar refractivity (Wildman–Crippen MR) is 79.7 cm³/mol. The van der Waals surface area contributed by atoms with Gasteiger partial charge in [-0.1, -0.05) is 0 Å². The Balaban J connectivity index is 1.64. The molecular formula is C16H24N4O. The molecule has 1 unspecified atom stereocenters. The molecule has 0 aliphatic heterocycles. The largest absolute Gasteiger partial charge is 0.368 e. The standard InChI is InChI=1S/C16H24N4O/c17-15(21)16(11-5-6-11,19-12-7-8-12)9-20-10-18-13-3-1-2-4-14(13)20/h10-12,19H,1-9H2,(H2,17,21). The summed E-state index contributed by atoms with van der Waals surface area (Å²) in [6.07, 6.45) is 11.1. The minimum Gasteiger partial charge on any atom is -0.368 e. The maximum Gasteiger partial charge on any atom is 0.239 e. The van der Waals surface area contributed by atoms with Gasteiger partial charge >= 0.3 is 0 Å². The van der Waals surface area contributed by atoms with Crippen LogP contribution in [-0.4, -0.2) is 27.0 Å². The molecule has 0 radical (unpaired) electrons. The molecule has 3 N–H and O–H groups in total. The summed E-state index contributed by atoms with van der Waals surface area (Å²) in [4.78, 5) is 16.8. The average molecular weight is 288 g/mol. The number of nitrogens with zero attached hydrogens (tertiary/aromatic N) is 2. The van der Waals surface area contributed by atoms with Gasteiger partial charge in [0.15, 0.2) is 0 Å². The van der Waals surface area contributed by atoms with Crippen molar-refractivity contribution in [3.8, 4) is 0 Å². The first kappa shape index (κ1) is 13.3. The molecule has 0 saturated heterocycles. The van der Waals surface area contributed by atoms with Crippen molar-refractivity contribution in [2.45, 2.75) is 69.5 Å². The van der Waals surface area contributed by atoms with Crippen LogP contribution in [0.1, 0.15) is 49.9 Å². The highest BCUT2D eigenvalue weighted by Gasteiger charge is 2.52. The number of carbonyl (C=O) groups is 1. The van der Waals surface area contributed by atoms with Crippen LogP contribution in [-0.2, 0) is 24.2 Å². The molecular weight excluding hydrogens is 264 g/mol. The lowest BCUT2D eigenvalue weighted by Crippen LogP contribution is -2.60. The van der Waals surface area contributed by atoms with E-state index in [0.717, 1.165) is 25.7 Å². The maximum absolute atomic E-state index is 12.3. The summed E-state index contributed by atoms with van der Waals surface area (Å²) in [6, 6.07) is 0.484. The van der Waals surface area contributed by atoms with Gasteiger partial charge in [0.2, 0.25) is 5.91 Å². The summed E-state index contributed by atoms with van der Waals surface area (Å²) in [5, 5.41) is 3.59. The van der Waals surface area contributed by atoms with E-state index in [1.165, 1.54) is 37.1 Å². The summed E-state index contributed by atoms with van der Waals surface area (Å²) in [5.74, 6) is 0.215. The number of aryl methyl sites for hydroxylation is 1. The smallest absolute Gasteiger partial charge is 0.239 e. The Morgan fingerprint density at radius 1 is 1.33 bits per heavy atom. The zero-order chi connectivity index (χ0) is 14.4. The van der Waals surface area contributed by atoms with Gasteiger partial charge in [-0.05, 0) is 57.3 Å². The SMILES string of the molecule is NC(=O)C(Cn1cnc2c1CCCC2)(NC1CC1)C1CC1. The molecule has 0 spiro atoms. The van der Waals surface area contributed by atoms with Crippen molar-refractivity contribution >= 4 is 5.91 Å². The highest BCUT2D eigenvalue weighted by atomic mass is 16.1. The zero-order valence-corrected chi connectivity index (χ0v) is 12.5. The first-order valence-corrected chi connectivity index (χ1v) is 8.29. The third kappa shape index (κ3) is 2.37. The fraction of sp³-hybridized carbons (Fsp3) is 0.750. The van der Waals surface area contributed by atoms with Gasteiger partial charge in [-0.2, -0.15) is 0 Å². The van der Waals surface area contributed by atoms with Crippen LogP contribution >= 0.6 is 0 Å². The molecule has 5 heteroatoms. The lowest BCUT2D eigenvalue weighted by atomic mass is 9.91. The Hall–Kier alpha value is -1.36. The molecule has 3 aliphatic rings. The minimum absolute atomic E-state index is 0.185. The van der Waals surface area contributed by atoms with E-state index in [2.05, 4.69) is 14.9 Å². The lowest BCUT2D eigenvalue weighted by molar-refractivity contribution is -0.126. The van der Waals surface area contributed by atoms with Crippen LogP contribution in [0.5, 0.6) is 0 Å². The number of carbonyl (C=O) groups excluding carboxylic acids is 1. The second-order valence-corrected chi connectivity index (χ2v) is 7.00. The van der Waals surface area contributed by atoms with Gasteiger partial charge in [0.1, 0.15) is 5.54 Å². The molecule has 1 aromatic heterocycles. The van der Waals surface area contributed by atoms with Gasteiger partial charge in [-0.15, -0.1) is 0 Å². The first-order valence-electron chi connectivity index (χ1n) is 8.29. The summed E-state index contributed by atoms with van der Waals surface area (Å²) >= 11 is 0. The number of hydrogen-bond acceptors (Lipinski definition) is 3. The Morgan fingerprint density at radius 2 is 2.10 bits per heavy atom. The molecule has 2 fully saturated rings. The third-order valence-electron chi connectivity index (χ3n) is 5.28. The molecule has 1 heterocycles. The van der Waals surface area contributed by atoms with Crippen LogP contribution in [0.15, 0.2) is 6.33 Å². The number of amides is 1. The van der Waals surface area contributed by atoms with E-state index in [-0.39, 0.29) is 5.91 Å². The molecule has 1 aromatic rings. The monoisotopic (exact) mass is 288 g/mol. The molecule has 114 valence electrons. The Morgan fingerprint density at radius 3 is 2.76 bits per heavy atom. The molecule has 1 atom stereocenters. The normalized spacial score (nSPS) is 24.4. The van der Waals surface area contributed by atoms with E-state index >= 15 is 0 Å². The summed E-state index contributed by atoms with van der Waals surface area (Å²) in [7, 11) is 0. The number of rotatable bonds is 6. The number of aromatic nitrogens is 2. The Labute approximate surface area is 125 Å². The number of fused-ring (bicyclic) bond motifs is 1. The van der Waals surface area contributed by atoms with Crippen LogP contribution in [0.25, 0.3) is 0 Å². The molecule has 3 aliphatic carbocycles. The maximum atomic E-state index is 12.3. The second-order valence-electron chi connectivity index (χ2n) is 7.00. The average Bonchev–Trinajstić information content (AvgIpc) is 3.37. The molecule has 1 amide bonds. The molecule has 2 saturated carbocycles. The fourth-order valence-electron chi connectivity index (χ4n) is 3.75. The van der Waals surface area contributed by atoms with Crippen LogP contribution in [0.3, 0.4) is 0 Å². The number of primary amides is 1. The number of nitrogens with one attached hydrogen (secondary N) is 1. The summed E-state index contributed by atoms with van der Waals surface area (Å²) in [5.41, 5.74) is 7.83. The Kier molecular flexibility index (Phi) is 3.06. The van der Waals surface area contributed by atoms with Gasteiger partial charge < -0.3 is 10.3 Å². The summed E-state index contributed by atoms with van der Waals surface area (Å²) in [6.45, 7) is 0.659. The Bertz CT molecular complexity index is 559. The number of nitrogens with two attached hydrogens (primary N) is 1. The van der Waals surface area contributed by atoms with Gasteiger partial charge in [-0.25, -0.2) is 4.98 Å². The quantitative estimate of drug-likeness (QED) is 0.824. The number of imidazole rings is 1. The predicted octanol–water partition coefficient (Wildman–Crippen LogP) is 1.15. The molecule has 0 aromatic carbocycles. The zero-order valence-electron chi connectivity index (χ0n) is 12.5. The lowest BCUT2D eigenvalue weighted by Gasteiger charge is -2.33. The van der Waals surface area contributed by atoms with Crippen molar-refractivity contribution in [1.82, 2.24) is 14.9 Å². The second kappa shape index (κ2) is 4.83. The van der Waals surface area contributed by atoms with Crippen molar-refractivity contribution in [3.05, 3.63) is 17.7 Å². The van der Waals surface area contributed by atoms with Crippen molar-refractivity contribution < 1.29 is 4.79 Å². The van der Waals surface area contributed by atoms with Crippen LogP contribution < -0.4 is 11.1 Å². The number of hydrogen-bond donors (Lipinski definition) is 2. The molecule has 0 bridgehead atoms. The molecule has 5 nitrogen and oxygen atoms in total. The topological polar surface area (TPSA) is 72.9 Å². The van der Waals surface area contributed by atoms with E-state index < -0.39 is 5.54 Å². The van der Waals surface area contributed by atoms with E-state index in [9.17, 15) is 4.79 Å². The highest BCUT2D eigenvalue weighted by Crippen LogP contribution is 2.43. The van der Waals surface area contributed by atoms with Crippen molar-refractivity contribution in [1.29, 1.82) is 0 Å². The fourth-order valence-corrected chi connectivity index (χ4v) is 3.75. The van der Waals surface area contributed by atoms with Gasteiger partial charge in [0.25, 0.3) is 0 Å². The van der Waals surface area contributed by atoms with Crippen LogP contribution in [0.2, 0.25) is 0 Å². The van der Waals surface area contributed by atoms with E-state index in [0.29, 0.717) is 18.5 Å². The third-order valence-corrected chi connectivity index (χ3v) is 5.28. The molecule has 21 heavy (non-hydrogen) atoms. The highest BCUT2D eigenvalue weighted by molar-refractivity contribution is 5.85. The van der Waals surface area contributed by atoms with Gasteiger partial charge in [0.05, 0.1) is 18.6 Å². The van der Waals surface area contributed by atoms with Crippen molar-refractivity contribution in [3.63, 3.8) is 0 Å². The van der Waals surface area contributed by atoms with E-state index in [1.807, 2.05) is 6.33 Å². The van der Waals surface area contributed by atoms with Crippen LogP contribution in [0.4, 0.5) is 0 Å². The first-order chi connectivity index (χ1) is 10.2. The minimum atomic E-state index is -0.562.